The fraction of sp³-hybridized carbons (Fsp3) is 0.385. The minimum absolute atomic E-state index is 0.0785. The summed E-state index contributed by atoms with van der Waals surface area (Å²) in [5, 5.41) is 10.7. The van der Waals surface area contributed by atoms with E-state index in [0.29, 0.717) is 4.21 Å². The maximum atomic E-state index is 12.6. The van der Waals surface area contributed by atoms with E-state index in [4.69, 9.17) is 4.74 Å². The first-order valence-corrected chi connectivity index (χ1v) is 8.47. The van der Waals surface area contributed by atoms with Crippen molar-refractivity contribution in [1.82, 2.24) is 4.31 Å². The molecular formula is C13H15NO4S2. The zero-order chi connectivity index (χ0) is 14.3. The minimum Gasteiger partial charge on any atom is -0.389 e. The van der Waals surface area contributed by atoms with Crippen LogP contribution in [0.3, 0.4) is 0 Å². The number of β-amino-alcohol motifs (C(OH)–C–C–N with tert-alkyl or cyclic N) is 1. The average molecular weight is 313 g/mol. The number of ether oxygens (including phenoxy) is 1. The molecule has 0 aliphatic carbocycles. The fourth-order valence-corrected chi connectivity index (χ4v) is 5.39. The summed E-state index contributed by atoms with van der Waals surface area (Å²) in [4.78, 5) is 0. The SMILES string of the molecule is CO[C@H]1CN(S(=O)(=O)c2cc3ccccc3s2)C[C@@H]1O. The summed E-state index contributed by atoms with van der Waals surface area (Å²) in [5.74, 6) is 0. The van der Waals surface area contributed by atoms with E-state index in [-0.39, 0.29) is 13.1 Å². The number of fused-ring (bicyclic) bond motifs is 1. The van der Waals surface area contributed by atoms with E-state index < -0.39 is 22.2 Å². The standard InChI is InChI=1S/C13H15NO4S2/c1-18-11-8-14(7-10(11)15)20(16,17)13-6-9-4-2-3-5-12(9)19-13/h2-6,10-11,15H,7-8H2,1H3/t10-,11-/m0/s1. The monoisotopic (exact) mass is 313 g/mol. The highest BCUT2D eigenvalue weighted by atomic mass is 32.2. The molecule has 0 spiro atoms. The van der Waals surface area contributed by atoms with Crippen molar-refractivity contribution in [2.45, 2.75) is 16.4 Å². The van der Waals surface area contributed by atoms with Crippen molar-refractivity contribution >= 4 is 31.4 Å². The van der Waals surface area contributed by atoms with Crippen LogP contribution >= 0.6 is 11.3 Å². The lowest BCUT2D eigenvalue weighted by atomic mass is 10.3. The van der Waals surface area contributed by atoms with Crippen LogP contribution in [0.15, 0.2) is 34.5 Å². The second-order valence-corrected chi connectivity index (χ2v) is 8.02. The lowest BCUT2D eigenvalue weighted by molar-refractivity contribution is 0.0216. The number of benzene rings is 1. The quantitative estimate of drug-likeness (QED) is 0.927. The van der Waals surface area contributed by atoms with Gasteiger partial charge in [-0.15, -0.1) is 11.3 Å². The fourth-order valence-electron chi connectivity index (χ4n) is 2.36. The van der Waals surface area contributed by atoms with E-state index in [2.05, 4.69) is 0 Å². The van der Waals surface area contributed by atoms with Crippen LogP contribution in [0.25, 0.3) is 10.1 Å². The van der Waals surface area contributed by atoms with Crippen molar-refractivity contribution in [3.8, 4) is 0 Å². The van der Waals surface area contributed by atoms with Gasteiger partial charge in [0, 0.05) is 24.9 Å². The Kier molecular flexibility index (Phi) is 3.55. The number of hydrogen-bond acceptors (Lipinski definition) is 5. The molecule has 0 saturated carbocycles. The van der Waals surface area contributed by atoms with E-state index in [1.54, 1.807) is 6.07 Å². The molecule has 2 heterocycles. The molecule has 0 amide bonds. The van der Waals surface area contributed by atoms with Gasteiger partial charge in [0.1, 0.15) is 4.21 Å². The molecule has 0 unspecified atom stereocenters. The van der Waals surface area contributed by atoms with Gasteiger partial charge in [-0.25, -0.2) is 8.42 Å². The number of sulfonamides is 1. The normalized spacial score (nSPS) is 24.5. The number of methoxy groups -OCH3 is 1. The van der Waals surface area contributed by atoms with Crippen LogP contribution < -0.4 is 0 Å². The summed E-state index contributed by atoms with van der Waals surface area (Å²) in [7, 11) is -2.09. The van der Waals surface area contributed by atoms with Gasteiger partial charge in [0.25, 0.3) is 10.0 Å². The van der Waals surface area contributed by atoms with Gasteiger partial charge < -0.3 is 9.84 Å². The smallest absolute Gasteiger partial charge is 0.252 e. The molecular weight excluding hydrogens is 298 g/mol. The van der Waals surface area contributed by atoms with Crippen molar-refractivity contribution in [3.05, 3.63) is 30.3 Å². The summed E-state index contributed by atoms with van der Waals surface area (Å²) in [6.45, 7) is 0.267. The van der Waals surface area contributed by atoms with Crippen molar-refractivity contribution in [3.63, 3.8) is 0 Å². The second-order valence-electron chi connectivity index (χ2n) is 4.77. The topological polar surface area (TPSA) is 66.8 Å². The number of aliphatic hydroxyl groups is 1. The highest BCUT2D eigenvalue weighted by Crippen LogP contribution is 2.32. The van der Waals surface area contributed by atoms with Gasteiger partial charge in [0.2, 0.25) is 0 Å². The van der Waals surface area contributed by atoms with E-state index in [1.807, 2.05) is 24.3 Å². The van der Waals surface area contributed by atoms with Gasteiger partial charge in [0.05, 0.1) is 12.2 Å². The van der Waals surface area contributed by atoms with Gasteiger partial charge in [-0.2, -0.15) is 4.31 Å². The van der Waals surface area contributed by atoms with Crippen LogP contribution in [-0.2, 0) is 14.8 Å². The van der Waals surface area contributed by atoms with Crippen LogP contribution in [0.1, 0.15) is 0 Å². The van der Waals surface area contributed by atoms with Gasteiger partial charge in [-0.3, -0.25) is 0 Å². The summed E-state index contributed by atoms with van der Waals surface area (Å²) < 4.78 is 32.8. The Hall–Kier alpha value is -0.990. The number of nitrogens with zero attached hydrogens (tertiary/aromatic N) is 1. The third-order valence-corrected chi connectivity index (χ3v) is 6.90. The van der Waals surface area contributed by atoms with Crippen molar-refractivity contribution in [2.24, 2.45) is 0 Å². The Morgan fingerprint density at radius 3 is 2.75 bits per heavy atom. The first-order valence-electron chi connectivity index (χ1n) is 6.22. The molecule has 1 saturated heterocycles. The lowest BCUT2D eigenvalue weighted by Gasteiger charge is -2.14. The number of thiophene rings is 1. The third-order valence-electron chi connectivity index (χ3n) is 3.50. The molecule has 2 atom stereocenters. The summed E-state index contributed by atoms with van der Waals surface area (Å²) in [5.41, 5.74) is 0. The summed E-state index contributed by atoms with van der Waals surface area (Å²) >= 11 is 1.25. The van der Waals surface area contributed by atoms with E-state index in [9.17, 15) is 13.5 Å². The van der Waals surface area contributed by atoms with Crippen LogP contribution in [0.5, 0.6) is 0 Å². The molecule has 1 aliphatic rings. The zero-order valence-corrected chi connectivity index (χ0v) is 12.5. The number of rotatable bonds is 3. The Morgan fingerprint density at radius 2 is 2.10 bits per heavy atom. The molecule has 7 heteroatoms. The Bertz CT molecular complexity index is 692. The molecule has 3 rings (SSSR count). The number of aliphatic hydroxyl groups excluding tert-OH is 1. The molecule has 2 aromatic rings. The summed E-state index contributed by atoms with van der Waals surface area (Å²) in [6.07, 6.45) is -1.23. The Morgan fingerprint density at radius 1 is 1.35 bits per heavy atom. The van der Waals surface area contributed by atoms with Gasteiger partial charge in [-0.05, 0) is 17.5 Å². The van der Waals surface area contributed by atoms with Crippen LogP contribution in [-0.4, -0.2) is 50.2 Å². The van der Waals surface area contributed by atoms with Gasteiger partial charge >= 0.3 is 0 Å². The first kappa shape index (κ1) is 14.0. The molecule has 1 aromatic heterocycles. The average Bonchev–Trinajstić information content (AvgIpc) is 3.02. The molecule has 20 heavy (non-hydrogen) atoms. The van der Waals surface area contributed by atoms with E-state index in [1.165, 1.54) is 22.8 Å². The van der Waals surface area contributed by atoms with Gasteiger partial charge in [-0.1, -0.05) is 18.2 Å². The Balaban J connectivity index is 1.96. The zero-order valence-electron chi connectivity index (χ0n) is 10.9. The minimum atomic E-state index is -3.56. The third kappa shape index (κ3) is 2.25. The highest BCUT2D eigenvalue weighted by Gasteiger charge is 2.39. The molecule has 1 fully saturated rings. The second kappa shape index (κ2) is 5.09. The molecule has 1 N–H and O–H groups in total. The highest BCUT2D eigenvalue weighted by molar-refractivity contribution is 7.91. The van der Waals surface area contributed by atoms with Crippen LogP contribution in [0, 0.1) is 0 Å². The molecule has 0 radical (unpaired) electrons. The van der Waals surface area contributed by atoms with Crippen LogP contribution in [0.2, 0.25) is 0 Å². The molecule has 108 valence electrons. The molecule has 1 aromatic carbocycles. The van der Waals surface area contributed by atoms with E-state index >= 15 is 0 Å². The predicted octanol–water partition coefficient (Wildman–Crippen LogP) is 1.28. The summed E-state index contributed by atoms with van der Waals surface area (Å²) in [6, 6.07) is 9.24. The number of hydrogen-bond donors (Lipinski definition) is 1. The van der Waals surface area contributed by atoms with Crippen molar-refractivity contribution in [2.75, 3.05) is 20.2 Å². The lowest BCUT2D eigenvalue weighted by Crippen LogP contribution is -2.29. The van der Waals surface area contributed by atoms with Crippen LogP contribution in [0.4, 0.5) is 0 Å². The van der Waals surface area contributed by atoms with Crippen molar-refractivity contribution < 1.29 is 18.3 Å². The van der Waals surface area contributed by atoms with Crippen molar-refractivity contribution in [1.29, 1.82) is 0 Å². The molecule has 5 nitrogen and oxygen atoms in total. The molecule has 0 bridgehead atoms. The van der Waals surface area contributed by atoms with Gasteiger partial charge in [0.15, 0.2) is 0 Å². The molecule has 1 aliphatic heterocycles. The maximum absolute atomic E-state index is 12.6. The maximum Gasteiger partial charge on any atom is 0.252 e. The van der Waals surface area contributed by atoms with E-state index in [0.717, 1.165) is 10.1 Å². The predicted molar refractivity (Wildman–Crippen MR) is 77.4 cm³/mol. The largest absolute Gasteiger partial charge is 0.389 e. The Labute approximate surface area is 121 Å². The first-order chi connectivity index (χ1) is 9.52.